The van der Waals surface area contributed by atoms with Crippen LogP contribution in [0.4, 0.5) is 15.9 Å². The molecule has 1 aliphatic heterocycles. The number of alkyl halides is 1. The molecule has 5 rings (SSSR count). The van der Waals surface area contributed by atoms with Crippen molar-refractivity contribution in [1.82, 2.24) is 19.7 Å². The third-order valence-corrected chi connectivity index (χ3v) is 6.34. The van der Waals surface area contributed by atoms with Gasteiger partial charge in [-0.05, 0) is 42.3 Å². The summed E-state index contributed by atoms with van der Waals surface area (Å²) in [7, 11) is 0. The summed E-state index contributed by atoms with van der Waals surface area (Å²) in [4.78, 5) is 19.5. The number of aliphatic hydroxyl groups is 1. The largest absolute Gasteiger partial charge is 0.379 e. The van der Waals surface area contributed by atoms with E-state index in [9.17, 15) is 19.6 Å². The Bertz CT molecular complexity index is 1430. The van der Waals surface area contributed by atoms with Gasteiger partial charge in [-0.3, -0.25) is 14.5 Å². The molecular weight excluding hydrogens is 451 g/mol. The highest BCUT2D eigenvalue weighted by Crippen LogP contribution is 2.33. The lowest BCUT2D eigenvalue weighted by Gasteiger charge is -2.27. The second-order valence-electron chi connectivity index (χ2n) is 8.44. The molecule has 4 heterocycles. The van der Waals surface area contributed by atoms with E-state index in [-0.39, 0.29) is 23.2 Å². The Balaban J connectivity index is 1.50. The normalized spacial score (nSPS) is 19.7. The number of ether oxygens (including phenoxy) is 1. The van der Waals surface area contributed by atoms with E-state index >= 15 is 0 Å². The molecule has 0 spiro atoms. The smallest absolute Gasteiger partial charge is 0.261 e. The molecule has 4 aromatic rings. The maximum Gasteiger partial charge on any atom is 0.261 e. The van der Waals surface area contributed by atoms with Crippen molar-refractivity contribution in [2.45, 2.75) is 18.1 Å². The third kappa shape index (κ3) is 4.05. The van der Waals surface area contributed by atoms with Crippen molar-refractivity contribution in [2.75, 3.05) is 25.2 Å². The topological polar surface area (TPSA) is 129 Å². The number of benzene rings is 1. The fourth-order valence-electron chi connectivity index (χ4n) is 4.42. The molecule has 0 amide bonds. The van der Waals surface area contributed by atoms with Gasteiger partial charge in [-0.2, -0.15) is 10.4 Å². The van der Waals surface area contributed by atoms with Gasteiger partial charge in [-0.15, -0.1) is 0 Å². The second-order valence-corrected chi connectivity index (χ2v) is 8.44. The number of H-pyrrole nitrogens is 1. The molecular formula is C25H23FN6O3. The summed E-state index contributed by atoms with van der Waals surface area (Å²) in [6, 6.07) is 15.2. The van der Waals surface area contributed by atoms with Gasteiger partial charge in [0.05, 0.1) is 35.8 Å². The van der Waals surface area contributed by atoms with Crippen LogP contribution < -0.4 is 10.9 Å². The maximum absolute atomic E-state index is 13.9. The van der Waals surface area contributed by atoms with Crippen LogP contribution in [0, 0.1) is 17.2 Å². The maximum atomic E-state index is 13.9. The summed E-state index contributed by atoms with van der Waals surface area (Å²) < 4.78 is 21.2. The molecule has 3 aromatic heterocycles. The average molecular weight is 474 g/mol. The molecule has 1 fully saturated rings. The van der Waals surface area contributed by atoms with E-state index in [0.717, 1.165) is 0 Å². The van der Waals surface area contributed by atoms with E-state index in [0.29, 0.717) is 47.6 Å². The number of fused-ring (bicyclic) bond motifs is 1. The van der Waals surface area contributed by atoms with Crippen molar-refractivity contribution in [2.24, 2.45) is 5.92 Å². The number of aromatic nitrogens is 4. The Kier molecular flexibility index (Phi) is 6.03. The molecule has 0 radical (unpaired) electrons. The Hall–Kier alpha value is -4.07. The van der Waals surface area contributed by atoms with Crippen molar-refractivity contribution in [3.8, 4) is 6.07 Å². The Morgan fingerprint density at radius 3 is 2.83 bits per heavy atom. The SMILES string of the molecule is N#C[C@H]1CCOC[C@@H]1n1nc(Nc2ccc(C(O)(CF)c3ccccn3)cc2)c2c(=O)[nH]ccc21. The average Bonchev–Trinajstić information content (AvgIpc) is 3.28. The van der Waals surface area contributed by atoms with Crippen LogP contribution in [0.3, 0.4) is 0 Å². The summed E-state index contributed by atoms with van der Waals surface area (Å²) in [5.74, 6) is 0.0330. The van der Waals surface area contributed by atoms with E-state index in [1.54, 1.807) is 59.4 Å². The van der Waals surface area contributed by atoms with Crippen LogP contribution in [0.2, 0.25) is 0 Å². The zero-order valence-corrected chi connectivity index (χ0v) is 18.7. The quantitative estimate of drug-likeness (QED) is 0.391. The summed E-state index contributed by atoms with van der Waals surface area (Å²) in [5.41, 5.74) is -0.471. The number of hydrogen-bond donors (Lipinski definition) is 3. The van der Waals surface area contributed by atoms with Crippen molar-refractivity contribution >= 4 is 22.4 Å². The number of nitrogens with one attached hydrogen (secondary N) is 2. The highest BCUT2D eigenvalue weighted by molar-refractivity contribution is 5.91. The van der Waals surface area contributed by atoms with Crippen LogP contribution in [0.15, 0.2) is 65.7 Å². The predicted octanol–water partition coefficient (Wildman–Crippen LogP) is 3.17. The number of halogens is 1. The van der Waals surface area contributed by atoms with Gasteiger partial charge >= 0.3 is 0 Å². The van der Waals surface area contributed by atoms with Crippen molar-refractivity contribution in [3.05, 3.63) is 82.5 Å². The first-order valence-corrected chi connectivity index (χ1v) is 11.2. The zero-order chi connectivity index (χ0) is 24.4. The molecule has 0 aliphatic carbocycles. The number of anilines is 2. The highest BCUT2D eigenvalue weighted by atomic mass is 19.1. The van der Waals surface area contributed by atoms with Crippen molar-refractivity contribution < 1.29 is 14.2 Å². The molecule has 1 saturated heterocycles. The molecule has 3 atom stereocenters. The van der Waals surface area contributed by atoms with E-state index in [4.69, 9.17) is 4.74 Å². The number of hydrogen-bond acceptors (Lipinski definition) is 7. The predicted molar refractivity (Wildman–Crippen MR) is 127 cm³/mol. The lowest BCUT2D eigenvalue weighted by molar-refractivity contribution is 0.0359. The summed E-state index contributed by atoms with van der Waals surface area (Å²) >= 11 is 0. The van der Waals surface area contributed by atoms with Gasteiger partial charge in [0, 0.05) is 24.7 Å². The lowest BCUT2D eigenvalue weighted by atomic mass is 9.91. The first-order valence-electron chi connectivity index (χ1n) is 11.2. The molecule has 10 heteroatoms. The summed E-state index contributed by atoms with van der Waals surface area (Å²) in [6.45, 7) is -0.203. The monoisotopic (exact) mass is 474 g/mol. The van der Waals surface area contributed by atoms with Gasteiger partial charge < -0.3 is 20.1 Å². The number of nitriles is 1. The molecule has 3 N–H and O–H groups in total. The highest BCUT2D eigenvalue weighted by Gasteiger charge is 2.33. The van der Waals surface area contributed by atoms with Crippen LogP contribution in [0.5, 0.6) is 0 Å². The van der Waals surface area contributed by atoms with E-state index in [1.807, 2.05) is 0 Å². The van der Waals surface area contributed by atoms with Crippen LogP contribution >= 0.6 is 0 Å². The molecule has 1 aromatic carbocycles. The summed E-state index contributed by atoms with van der Waals surface area (Å²) in [6.07, 6.45) is 3.63. The molecule has 9 nitrogen and oxygen atoms in total. The van der Waals surface area contributed by atoms with Crippen LogP contribution in [0.25, 0.3) is 10.9 Å². The number of nitrogens with zero attached hydrogens (tertiary/aromatic N) is 4. The Morgan fingerprint density at radius 2 is 2.11 bits per heavy atom. The molecule has 0 saturated carbocycles. The molecule has 178 valence electrons. The van der Waals surface area contributed by atoms with Crippen LogP contribution in [-0.4, -0.2) is 44.7 Å². The van der Waals surface area contributed by atoms with Gasteiger partial charge in [0.1, 0.15) is 12.1 Å². The minimum Gasteiger partial charge on any atom is -0.379 e. The van der Waals surface area contributed by atoms with E-state index in [2.05, 4.69) is 26.5 Å². The minimum atomic E-state index is -1.88. The summed E-state index contributed by atoms with van der Waals surface area (Å²) in [5, 5.41) is 28.7. The fraction of sp³-hybridized carbons (Fsp3) is 0.280. The molecule has 1 unspecified atom stereocenters. The second kappa shape index (κ2) is 9.29. The molecule has 1 aliphatic rings. The molecule has 0 bridgehead atoms. The van der Waals surface area contributed by atoms with E-state index < -0.39 is 12.3 Å². The van der Waals surface area contributed by atoms with Gasteiger partial charge in [-0.1, -0.05) is 18.2 Å². The van der Waals surface area contributed by atoms with Gasteiger partial charge in [0.25, 0.3) is 5.56 Å². The van der Waals surface area contributed by atoms with Crippen molar-refractivity contribution in [3.63, 3.8) is 0 Å². The standard InChI is InChI=1S/C25H23FN6O3/c26-15-25(34,21-3-1-2-10-28-21)17-4-6-18(7-5-17)30-23-22-19(8-11-29-24(22)33)32(31-23)20-14-35-12-9-16(20)13-27/h1-8,10-11,16,20,34H,9,12,14-15H2,(H,29,33)(H,30,31)/t16-,20+,25?/m1/s1. The minimum absolute atomic E-state index is 0.209. The van der Waals surface area contributed by atoms with Gasteiger partial charge in [-0.25, -0.2) is 4.39 Å². The first kappa shape index (κ1) is 22.7. The van der Waals surface area contributed by atoms with Crippen LogP contribution in [0.1, 0.15) is 23.7 Å². The van der Waals surface area contributed by atoms with Gasteiger partial charge in [0.15, 0.2) is 11.4 Å². The first-order chi connectivity index (χ1) is 17.0. The van der Waals surface area contributed by atoms with E-state index in [1.165, 1.54) is 6.20 Å². The fourth-order valence-corrected chi connectivity index (χ4v) is 4.42. The van der Waals surface area contributed by atoms with Gasteiger partial charge in [0.2, 0.25) is 0 Å². The lowest BCUT2D eigenvalue weighted by Crippen LogP contribution is -2.30. The Morgan fingerprint density at radius 1 is 1.29 bits per heavy atom. The Labute approximate surface area is 199 Å². The van der Waals surface area contributed by atoms with Crippen molar-refractivity contribution in [1.29, 1.82) is 5.26 Å². The number of pyridine rings is 2. The molecule has 35 heavy (non-hydrogen) atoms. The van der Waals surface area contributed by atoms with Crippen LogP contribution in [-0.2, 0) is 10.3 Å². The number of rotatable bonds is 6. The number of aromatic amines is 1. The zero-order valence-electron chi connectivity index (χ0n) is 18.7. The third-order valence-electron chi connectivity index (χ3n) is 6.34.